The van der Waals surface area contributed by atoms with Gasteiger partial charge in [-0.3, -0.25) is 0 Å². The molecule has 2 rings (SSSR count). The van der Waals surface area contributed by atoms with Gasteiger partial charge in [0, 0.05) is 12.4 Å². The van der Waals surface area contributed by atoms with E-state index in [0.29, 0.717) is 0 Å². The fourth-order valence-electron chi connectivity index (χ4n) is 1.44. The molecule has 74 valence electrons. The van der Waals surface area contributed by atoms with Crippen molar-refractivity contribution < 1.29 is 0 Å². The van der Waals surface area contributed by atoms with Gasteiger partial charge in [-0.15, -0.1) is 0 Å². The Balaban J connectivity index is 0.000000132. The lowest BCUT2D eigenvalue weighted by Gasteiger charge is -2.08. The van der Waals surface area contributed by atoms with E-state index in [1.165, 1.54) is 32.5 Å². The van der Waals surface area contributed by atoms with E-state index < -0.39 is 0 Å². The molecule has 2 heterocycles. The summed E-state index contributed by atoms with van der Waals surface area (Å²) in [6.07, 6.45) is 6.38. The molecule has 13 heavy (non-hydrogen) atoms. The van der Waals surface area contributed by atoms with Crippen LogP contribution in [0.1, 0.15) is 25.6 Å². The zero-order valence-corrected chi connectivity index (χ0v) is 8.58. The molecule has 0 aromatic carbocycles. The van der Waals surface area contributed by atoms with Gasteiger partial charge in [-0.1, -0.05) is 6.92 Å². The largest absolute Gasteiger partial charge is 0.349 e. The van der Waals surface area contributed by atoms with E-state index in [9.17, 15) is 0 Å². The van der Waals surface area contributed by atoms with Crippen molar-refractivity contribution in [2.45, 2.75) is 26.7 Å². The minimum absolute atomic E-state index is 0.968. The monoisotopic (exact) mass is 181 g/mol. The number of hydrogen-bond acceptors (Lipinski definition) is 2. The lowest BCUT2D eigenvalue weighted by Crippen LogP contribution is -2.17. The number of aromatic amines is 1. The average Bonchev–Trinajstić information content (AvgIpc) is 2.76. The van der Waals surface area contributed by atoms with Crippen molar-refractivity contribution >= 4 is 0 Å². The molecule has 0 aliphatic carbocycles. The Morgan fingerprint density at radius 3 is 2.38 bits per heavy atom. The maximum absolute atomic E-state index is 3.86. The maximum Gasteiger partial charge on any atom is 0.102 e. The molecular formula is C10H19N3. The molecule has 0 atom stereocenters. The second kappa shape index (κ2) is 5.75. The summed E-state index contributed by atoms with van der Waals surface area (Å²) >= 11 is 0. The SMILES string of the molecule is CCN1CCCC1.Cc1ncc[nH]1. The first-order valence-corrected chi connectivity index (χ1v) is 5.01. The van der Waals surface area contributed by atoms with Crippen LogP contribution in [0.3, 0.4) is 0 Å². The van der Waals surface area contributed by atoms with Crippen LogP contribution in [0.4, 0.5) is 0 Å². The van der Waals surface area contributed by atoms with Crippen LogP contribution in [0, 0.1) is 6.92 Å². The molecule has 0 radical (unpaired) electrons. The first-order valence-electron chi connectivity index (χ1n) is 5.01. The predicted molar refractivity (Wildman–Crippen MR) is 54.7 cm³/mol. The van der Waals surface area contributed by atoms with E-state index in [4.69, 9.17) is 0 Å². The van der Waals surface area contributed by atoms with Crippen molar-refractivity contribution in [2.75, 3.05) is 19.6 Å². The number of nitrogens with zero attached hydrogens (tertiary/aromatic N) is 2. The molecule has 0 spiro atoms. The Morgan fingerprint density at radius 2 is 2.15 bits per heavy atom. The Morgan fingerprint density at radius 1 is 1.46 bits per heavy atom. The summed E-state index contributed by atoms with van der Waals surface area (Å²) in [5.41, 5.74) is 0. The number of nitrogens with one attached hydrogen (secondary N) is 1. The summed E-state index contributed by atoms with van der Waals surface area (Å²) in [4.78, 5) is 9.24. The standard InChI is InChI=1S/C6H13N.C4H6N2/c1-2-7-5-3-4-6-7;1-4-5-2-3-6-4/h2-6H2,1H3;2-3H,1H3,(H,5,6). The smallest absolute Gasteiger partial charge is 0.102 e. The molecule has 0 amide bonds. The number of imidazole rings is 1. The summed E-state index contributed by atoms with van der Waals surface area (Å²) in [5, 5.41) is 0. The minimum Gasteiger partial charge on any atom is -0.349 e. The van der Waals surface area contributed by atoms with E-state index in [2.05, 4.69) is 21.8 Å². The van der Waals surface area contributed by atoms with Gasteiger partial charge in [-0.25, -0.2) is 4.98 Å². The van der Waals surface area contributed by atoms with Gasteiger partial charge >= 0.3 is 0 Å². The van der Waals surface area contributed by atoms with E-state index >= 15 is 0 Å². The van der Waals surface area contributed by atoms with Crippen LogP contribution in [0.25, 0.3) is 0 Å². The first kappa shape index (κ1) is 10.3. The molecule has 0 bridgehead atoms. The summed E-state index contributed by atoms with van der Waals surface area (Å²) < 4.78 is 0. The molecule has 1 aromatic heterocycles. The van der Waals surface area contributed by atoms with Gasteiger partial charge in [0.1, 0.15) is 5.82 Å². The average molecular weight is 181 g/mol. The lowest BCUT2D eigenvalue weighted by atomic mass is 10.4. The van der Waals surface area contributed by atoms with Crippen molar-refractivity contribution in [3.63, 3.8) is 0 Å². The molecule has 1 N–H and O–H groups in total. The van der Waals surface area contributed by atoms with Gasteiger partial charge in [-0.2, -0.15) is 0 Å². The summed E-state index contributed by atoms with van der Waals surface area (Å²) in [5.74, 6) is 0.968. The third-order valence-corrected chi connectivity index (χ3v) is 2.28. The van der Waals surface area contributed by atoms with Crippen molar-refractivity contribution in [3.8, 4) is 0 Å². The van der Waals surface area contributed by atoms with Gasteiger partial charge in [0.25, 0.3) is 0 Å². The Hall–Kier alpha value is -0.830. The van der Waals surface area contributed by atoms with Crippen LogP contribution in [0.2, 0.25) is 0 Å². The van der Waals surface area contributed by atoms with Crippen molar-refractivity contribution in [3.05, 3.63) is 18.2 Å². The maximum atomic E-state index is 3.86. The van der Waals surface area contributed by atoms with Gasteiger partial charge in [0.2, 0.25) is 0 Å². The molecule has 1 aliphatic rings. The summed E-state index contributed by atoms with van der Waals surface area (Å²) in [7, 11) is 0. The van der Waals surface area contributed by atoms with E-state index in [1.54, 1.807) is 12.4 Å². The number of aryl methyl sites for hydroxylation is 1. The van der Waals surface area contributed by atoms with E-state index in [1.807, 2.05) is 6.92 Å². The Kier molecular flexibility index (Phi) is 4.54. The lowest BCUT2D eigenvalue weighted by molar-refractivity contribution is 0.359. The molecule has 0 unspecified atom stereocenters. The topological polar surface area (TPSA) is 31.9 Å². The van der Waals surface area contributed by atoms with Gasteiger partial charge in [0.05, 0.1) is 0 Å². The third-order valence-electron chi connectivity index (χ3n) is 2.28. The first-order chi connectivity index (χ1) is 6.33. The highest BCUT2D eigenvalue weighted by molar-refractivity contribution is 4.80. The van der Waals surface area contributed by atoms with Crippen LogP contribution < -0.4 is 0 Å². The molecule has 0 saturated carbocycles. The van der Waals surface area contributed by atoms with Crippen LogP contribution in [-0.4, -0.2) is 34.5 Å². The number of aromatic nitrogens is 2. The third kappa shape index (κ3) is 4.08. The highest BCUT2D eigenvalue weighted by Gasteiger charge is 2.06. The highest BCUT2D eigenvalue weighted by atomic mass is 15.1. The zero-order chi connectivity index (χ0) is 9.52. The zero-order valence-electron chi connectivity index (χ0n) is 8.58. The quantitative estimate of drug-likeness (QED) is 0.716. The summed E-state index contributed by atoms with van der Waals surface area (Å²) in [6, 6.07) is 0. The van der Waals surface area contributed by atoms with Crippen molar-refractivity contribution in [1.29, 1.82) is 0 Å². The molecule has 3 nitrogen and oxygen atoms in total. The Labute approximate surface area is 80.2 Å². The molecule has 1 saturated heterocycles. The van der Waals surface area contributed by atoms with Crippen molar-refractivity contribution in [1.82, 2.24) is 14.9 Å². The van der Waals surface area contributed by atoms with E-state index in [0.717, 1.165) is 5.82 Å². The molecule has 1 aromatic rings. The number of likely N-dealkylation sites (tertiary alicyclic amines) is 1. The highest BCUT2D eigenvalue weighted by Crippen LogP contribution is 2.04. The van der Waals surface area contributed by atoms with Gasteiger partial charge in [-0.05, 0) is 39.4 Å². The number of hydrogen-bond donors (Lipinski definition) is 1. The number of H-pyrrole nitrogens is 1. The van der Waals surface area contributed by atoms with Gasteiger partial charge in [0.15, 0.2) is 0 Å². The molecule has 1 aliphatic heterocycles. The second-order valence-corrected chi connectivity index (χ2v) is 3.32. The summed E-state index contributed by atoms with van der Waals surface area (Å²) in [6.45, 7) is 8.08. The minimum atomic E-state index is 0.968. The van der Waals surface area contributed by atoms with Gasteiger partial charge < -0.3 is 9.88 Å². The van der Waals surface area contributed by atoms with Crippen LogP contribution in [0.5, 0.6) is 0 Å². The van der Waals surface area contributed by atoms with E-state index in [-0.39, 0.29) is 0 Å². The van der Waals surface area contributed by atoms with Crippen LogP contribution in [0.15, 0.2) is 12.4 Å². The Bertz CT molecular complexity index is 200. The normalized spacial score (nSPS) is 16.8. The number of rotatable bonds is 1. The molecule has 1 fully saturated rings. The van der Waals surface area contributed by atoms with Crippen LogP contribution >= 0.6 is 0 Å². The van der Waals surface area contributed by atoms with Crippen molar-refractivity contribution in [2.24, 2.45) is 0 Å². The molecular weight excluding hydrogens is 162 g/mol. The van der Waals surface area contributed by atoms with Crippen LogP contribution in [-0.2, 0) is 0 Å². The molecule has 3 heteroatoms. The second-order valence-electron chi connectivity index (χ2n) is 3.32. The fourth-order valence-corrected chi connectivity index (χ4v) is 1.44. The fraction of sp³-hybridized carbons (Fsp3) is 0.700. The predicted octanol–water partition coefficient (Wildman–Crippen LogP) is 1.82.